The molecular weight excluding hydrogens is 217 g/mol. The molecule has 0 bridgehead atoms. The van der Waals surface area contributed by atoms with E-state index in [-0.39, 0.29) is 16.2 Å². The molecule has 15 heavy (non-hydrogen) atoms. The van der Waals surface area contributed by atoms with Crippen molar-refractivity contribution < 1.29 is 9.50 Å². The third-order valence-electron chi connectivity index (χ3n) is 2.33. The zero-order chi connectivity index (χ0) is 11.8. The fraction of sp³-hybridized carbons (Fsp3) is 0.455. The van der Waals surface area contributed by atoms with Gasteiger partial charge in [-0.3, -0.25) is 0 Å². The van der Waals surface area contributed by atoms with E-state index in [4.69, 9.17) is 17.3 Å². The van der Waals surface area contributed by atoms with Crippen LogP contribution in [-0.2, 0) is 0 Å². The first-order valence-electron chi connectivity index (χ1n) is 4.67. The molecule has 1 atom stereocenters. The van der Waals surface area contributed by atoms with Gasteiger partial charge in [-0.25, -0.2) is 4.39 Å². The monoisotopic (exact) mass is 231 g/mol. The maximum absolute atomic E-state index is 13.1. The summed E-state index contributed by atoms with van der Waals surface area (Å²) in [5.41, 5.74) is 6.00. The van der Waals surface area contributed by atoms with E-state index in [1.807, 2.05) is 20.8 Å². The molecule has 0 aliphatic rings. The van der Waals surface area contributed by atoms with Crippen LogP contribution in [0.15, 0.2) is 12.1 Å². The Bertz CT molecular complexity index is 374. The van der Waals surface area contributed by atoms with E-state index >= 15 is 0 Å². The molecule has 1 rings (SSSR count). The largest absolute Gasteiger partial charge is 0.506 e. The summed E-state index contributed by atoms with van der Waals surface area (Å²) in [4.78, 5) is 0. The van der Waals surface area contributed by atoms with Crippen molar-refractivity contribution in [2.24, 2.45) is 11.1 Å². The second-order valence-electron chi connectivity index (χ2n) is 4.67. The molecule has 0 saturated carbocycles. The summed E-state index contributed by atoms with van der Waals surface area (Å²) in [6.07, 6.45) is 0. The van der Waals surface area contributed by atoms with Crippen LogP contribution in [0.3, 0.4) is 0 Å². The molecule has 84 valence electrons. The lowest BCUT2D eigenvalue weighted by Gasteiger charge is -2.28. The third-order valence-corrected chi connectivity index (χ3v) is 2.61. The number of phenolic OH excluding ortho intramolecular Hbond substituents is 1. The summed E-state index contributed by atoms with van der Waals surface area (Å²) in [7, 11) is 0. The molecule has 2 nitrogen and oxygen atoms in total. The molecule has 0 radical (unpaired) electrons. The van der Waals surface area contributed by atoms with Gasteiger partial charge in [0.2, 0.25) is 0 Å². The number of rotatable bonds is 1. The van der Waals surface area contributed by atoms with Crippen molar-refractivity contribution in [1.29, 1.82) is 0 Å². The fourth-order valence-electron chi connectivity index (χ4n) is 1.29. The normalized spacial score (nSPS) is 14.0. The highest BCUT2D eigenvalue weighted by Gasteiger charge is 2.26. The fourth-order valence-corrected chi connectivity index (χ4v) is 1.50. The third kappa shape index (κ3) is 2.61. The van der Waals surface area contributed by atoms with Crippen LogP contribution in [0.2, 0.25) is 5.02 Å². The van der Waals surface area contributed by atoms with Crippen molar-refractivity contribution in [2.45, 2.75) is 26.8 Å². The van der Waals surface area contributed by atoms with Gasteiger partial charge in [0, 0.05) is 11.6 Å². The van der Waals surface area contributed by atoms with Crippen LogP contribution in [0.1, 0.15) is 32.4 Å². The van der Waals surface area contributed by atoms with E-state index in [1.54, 1.807) is 0 Å². The number of nitrogens with two attached hydrogens (primary N) is 1. The summed E-state index contributed by atoms with van der Waals surface area (Å²) in [6.45, 7) is 5.74. The Balaban J connectivity index is 3.25. The molecule has 0 aliphatic heterocycles. The van der Waals surface area contributed by atoms with E-state index in [2.05, 4.69) is 0 Å². The molecule has 1 aromatic carbocycles. The van der Waals surface area contributed by atoms with Crippen molar-refractivity contribution >= 4 is 11.6 Å². The summed E-state index contributed by atoms with van der Waals surface area (Å²) in [5, 5.41) is 9.67. The van der Waals surface area contributed by atoms with Crippen LogP contribution in [-0.4, -0.2) is 5.11 Å². The lowest BCUT2D eigenvalue weighted by atomic mass is 9.83. The van der Waals surface area contributed by atoms with Crippen molar-refractivity contribution in [2.75, 3.05) is 0 Å². The Morgan fingerprint density at radius 1 is 1.40 bits per heavy atom. The van der Waals surface area contributed by atoms with Gasteiger partial charge in [-0.05, 0) is 17.5 Å². The van der Waals surface area contributed by atoms with E-state index < -0.39 is 11.9 Å². The molecule has 0 saturated heterocycles. The maximum Gasteiger partial charge on any atom is 0.139 e. The Labute approximate surface area is 93.9 Å². The first-order chi connectivity index (χ1) is 6.73. The molecule has 0 unspecified atom stereocenters. The van der Waals surface area contributed by atoms with Crippen LogP contribution >= 0.6 is 11.6 Å². The Hall–Kier alpha value is -0.800. The lowest BCUT2D eigenvalue weighted by Crippen LogP contribution is -2.26. The molecule has 3 N–H and O–H groups in total. The molecule has 4 heteroatoms. The zero-order valence-corrected chi connectivity index (χ0v) is 9.77. The molecule has 0 fully saturated rings. The number of aromatic hydroxyl groups is 1. The van der Waals surface area contributed by atoms with Gasteiger partial charge in [0.15, 0.2) is 0 Å². The second kappa shape index (κ2) is 3.99. The highest BCUT2D eigenvalue weighted by atomic mass is 35.5. The number of benzene rings is 1. The van der Waals surface area contributed by atoms with Crippen LogP contribution in [0.25, 0.3) is 0 Å². The van der Waals surface area contributed by atoms with Crippen LogP contribution < -0.4 is 5.73 Å². The van der Waals surface area contributed by atoms with Gasteiger partial charge in [0.25, 0.3) is 0 Å². The van der Waals surface area contributed by atoms with E-state index in [9.17, 15) is 9.50 Å². The summed E-state index contributed by atoms with van der Waals surface area (Å²) in [5.74, 6) is -0.631. The van der Waals surface area contributed by atoms with Crippen LogP contribution in [0.4, 0.5) is 4.39 Å². The summed E-state index contributed by atoms with van der Waals surface area (Å²) < 4.78 is 13.1. The minimum absolute atomic E-state index is 0.00954. The smallest absolute Gasteiger partial charge is 0.139 e. The predicted octanol–water partition coefficient (Wildman–Crippen LogP) is 3.23. The minimum atomic E-state index is -0.493. The van der Waals surface area contributed by atoms with E-state index in [0.29, 0.717) is 5.56 Å². The number of phenols is 1. The first kappa shape index (κ1) is 12.3. The molecule has 0 spiro atoms. The van der Waals surface area contributed by atoms with Gasteiger partial charge in [-0.1, -0.05) is 32.4 Å². The Kier molecular flexibility index (Phi) is 3.26. The lowest BCUT2D eigenvalue weighted by molar-refractivity contribution is 0.317. The second-order valence-corrected chi connectivity index (χ2v) is 5.08. The topological polar surface area (TPSA) is 46.2 Å². The van der Waals surface area contributed by atoms with Crippen LogP contribution in [0.5, 0.6) is 5.75 Å². The molecular formula is C11H15ClFNO. The Morgan fingerprint density at radius 3 is 2.40 bits per heavy atom. The zero-order valence-electron chi connectivity index (χ0n) is 9.01. The average molecular weight is 232 g/mol. The van der Waals surface area contributed by atoms with Gasteiger partial charge in [0.1, 0.15) is 11.6 Å². The summed E-state index contributed by atoms with van der Waals surface area (Å²) >= 11 is 5.67. The highest BCUT2D eigenvalue weighted by Crippen LogP contribution is 2.38. The van der Waals surface area contributed by atoms with E-state index in [1.165, 1.54) is 6.07 Å². The first-order valence-corrected chi connectivity index (χ1v) is 5.04. The number of halogens is 2. The quantitative estimate of drug-likeness (QED) is 0.780. The van der Waals surface area contributed by atoms with Crippen molar-refractivity contribution in [1.82, 2.24) is 0 Å². The van der Waals surface area contributed by atoms with Crippen molar-refractivity contribution in [3.05, 3.63) is 28.5 Å². The van der Waals surface area contributed by atoms with E-state index in [0.717, 1.165) is 6.07 Å². The molecule has 0 aliphatic carbocycles. The van der Waals surface area contributed by atoms with Gasteiger partial charge < -0.3 is 10.8 Å². The van der Waals surface area contributed by atoms with Crippen molar-refractivity contribution in [3.63, 3.8) is 0 Å². The number of hydrogen-bond donors (Lipinski definition) is 2. The maximum atomic E-state index is 13.1. The predicted molar refractivity (Wildman–Crippen MR) is 59.5 cm³/mol. The highest BCUT2D eigenvalue weighted by molar-refractivity contribution is 6.32. The average Bonchev–Trinajstić information content (AvgIpc) is 2.08. The van der Waals surface area contributed by atoms with Crippen LogP contribution in [0, 0.1) is 11.2 Å². The molecule has 0 heterocycles. The van der Waals surface area contributed by atoms with Gasteiger partial charge in [0.05, 0.1) is 5.02 Å². The van der Waals surface area contributed by atoms with Gasteiger partial charge in [-0.2, -0.15) is 0 Å². The standard InChI is InChI=1S/C11H15ClFNO/c1-11(2,3)10(14)7-4-6(13)5-8(12)9(7)15/h4-5,10,15H,14H2,1-3H3/t10-/m1/s1. The molecule has 1 aromatic rings. The number of hydrogen-bond acceptors (Lipinski definition) is 2. The summed E-state index contributed by atoms with van der Waals surface area (Å²) in [6, 6.07) is 1.82. The van der Waals surface area contributed by atoms with Gasteiger partial charge >= 0.3 is 0 Å². The SMILES string of the molecule is CC(C)(C)[C@H](N)c1cc(F)cc(Cl)c1O. The molecule has 0 amide bonds. The van der Waals surface area contributed by atoms with Gasteiger partial charge in [-0.15, -0.1) is 0 Å². The van der Waals surface area contributed by atoms with Crippen molar-refractivity contribution in [3.8, 4) is 5.75 Å². The minimum Gasteiger partial charge on any atom is -0.506 e. The Morgan fingerprint density at radius 2 is 1.93 bits per heavy atom. The molecule has 0 aromatic heterocycles.